The number of alkyl halides is 2. The molecule has 0 radical (unpaired) electrons. The summed E-state index contributed by atoms with van der Waals surface area (Å²) in [6, 6.07) is 0. The average molecular weight is 194 g/mol. The van der Waals surface area contributed by atoms with Gasteiger partial charge in [0.2, 0.25) is 0 Å². The maximum Gasteiger partial charge on any atom is 0.251 e. The number of hydrogen-bond donors (Lipinski definition) is 1. The molecule has 0 saturated carbocycles. The zero-order valence-electron chi connectivity index (χ0n) is 8.90. The quantitative estimate of drug-likeness (QED) is 0.714. The van der Waals surface area contributed by atoms with E-state index in [-0.39, 0.29) is 12.1 Å². The van der Waals surface area contributed by atoms with Gasteiger partial charge in [-0.25, -0.2) is 8.78 Å². The molecule has 4 heteroatoms. The van der Waals surface area contributed by atoms with Gasteiger partial charge in [0.15, 0.2) is 0 Å². The summed E-state index contributed by atoms with van der Waals surface area (Å²) in [6.45, 7) is 7.42. The van der Waals surface area contributed by atoms with Gasteiger partial charge in [-0.1, -0.05) is 0 Å². The van der Waals surface area contributed by atoms with Crippen molar-refractivity contribution in [3.8, 4) is 0 Å². The molecule has 0 aliphatic heterocycles. The number of halogens is 2. The lowest BCUT2D eigenvalue weighted by molar-refractivity contribution is 0.1000. The van der Waals surface area contributed by atoms with Crippen LogP contribution in [0.3, 0.4) is 0 Å². The van der Waals surface area contributed by atoms with Gasteiger partial charge in [0.05, 0.1) is 6.54 Å². The van der Waals surface area contributed by atoms with Crippen molar-refractivity contribution in [1.29, 1.82) is 0 Å². The normalized spacial score (nSPS) is 12.9. The Morgan fingerprint density at radius 3 is 2.23 bits per heavy atom. The first kappa shape index (κ1) is 12.8. The first-order chi connectivity index (χ1) is 5.81. The smallest absolute Gasteiger partial charge is 0.251 e. The van der Waals surface area contributed by atoms with Crippen LogP contribution in [0, 0.1) is 0 Å². The highest BCUT2D eigenvalue weighted by Crippen LogP contribution is 1.98. The van der Waals surface area contributed by atoms with E-state index in [0.717, 1.165) is 6.54 Å². The fourth-order valence-corrected chi connectivity index (χ4v) is 0.949. The van der Waals surface area contributed by atoms with Gasteiger partial charge in [0, 0.05) is 18.6 Å². The summed E-state index contributed by atoms with van der Waals surface area (Å²) in [6.07, 6.45) is -2.24. The molecule has 0 unspecified atom stereocenters. The first-order valence-corrected chi connectivity index (χ1v) is 4.53. The number of nitrogens with one attached hydrogen (secondary N) is 1. The third kappa shape index (κ3) is 9.70. The topological polar surface area (TPSA) is 15.3 Å². The zero-order chi connectivity index (χ0) is 10.5. The van der Waals surface area contributed by atoms with E-state index in [1.165, 1.54) is 0 Å². The lowest BCUT2D eigenvalue weighted by Crippen LogP contribution is -2.41. The van der Waals surface area contributed by atoms with Crippen LogP contribution >= 0.6 is 0 Å². The van der Waals surface area contributed by atoms with Crippen molar-refractivity contribution >= 4 is 0 Å². The summed E-state index contributed by atoms with van der Waals surface area (Å²) < 4.78 is 23.8. The molecule has 1 N–H and O–H groups in total. The SMILES string of the molecule is CN(CCNC(C)(C)C)CC(F)F. The summed E-state index contributed by atoms with van der Waals surface area (Å²) in [7, 11) is 1.70. The molecule has 0 heterocycles. The molecule has 0 aromatic rings. The van der Waals surface area contributed by atoms with Gasteiger partial charge in [0.1, 0.15) is 0 Å². The molecule has 13 heavy (non-hydrogen) atoms. The van der Waals surface area contributed by atoms with Gasteiger partial charge in [-0.05, 0) is 27.8 Å². The molecule has 0 atom stereocenters. The summed E-state index contributed by atoms with van der Waals surface area (Å²) in [5.74, 6) is 0. The highest BCUT2D eigenvalue weighted by Gasteiger charge is 2.10. The minimum absolute atomic E-state index is 0.0612. The maximum atomic E-state index is 11.9. The highest BCUT2D eigenvalue weighted by atomic mass is 19.3. The third-order valence-electron chi connectivity index (χ3n) is 1.60. The van der Waals surface area contributed by atoms with Crippen molar-refractivity contribution in [1.82, 2.24) is 10.2 Å². The molecule has 0 aromatic carbocycles. The second-order valence-electron chi connectivity index (χ2n) is 4.33. The van der Waals surface area contributed by atoms with Crippen LogP contribution in [0.25, 0.3) is 0 Å². The van der Waals surface area contributed by atoms with Crippen LogP contribution in [0.1, 0.15) is 20.8 Å². The predicted octanol–water partition coefficient (Wildman–Crippen LogP) is 1.57. The van der Waals surface area contributed by atoms with Crippen molar-refractivity contribution in [2.45, 2.75) is 32.7 Å². The largest absolute Gasteiger partial charge is 0.311 e. The molecule has 2 nitrogen and oxygen atoms in total. The molecule has 0 amide bonds. The molecule has 0 rings (SSSR count). The number of nitrogens with zero attached hydrogens (tertiary/aromatic N) is 1. The number of rotatable bonds is 5. The van der Waals surface area contributed by atoms with Crippen LogP contribution < -0.4 is 5.32 Å². The summed E-state index contributed by atoms with van der Waals surface area (Å²) in [5, 5.41) is 3.24. The van der Waals surface area contributed by atoms with Crippen molar-refractivity contribution in [2.24, 2.45) is 0 Å². The van der Waals surface area contributed by atoms with E-state index >= 15 is 0 Å². The van der Waals surface area contributed by atoms with Crippen LogP contribution in [0.4, 0.5) is 8.78 Å². The minimum Gasteiger partial charge on any atom is -0.311 e. The van der Waals surface area contributed by atoms with Crippen molar-refractivity contribution in [2.75, 3.05) is 26.7 Å². The Kier molecular flexibility index (Phi) is 5.40. The number of hydrogen-bond acceptors (Lipinski definition) is 2. The molecule has 0 saturated heterocycles. The first-order valence-electron chi connectivity index (χ1n) is 4.53. The minimum atomic E-state index is -2.24. The van der Waals surface area contributed by atoms with Gasteiger partial charge in [-0.3, -0.25) is 4.90 Å². The summed E-state index contributed by atoms with van der Waals surface area (Å²) >= 11 is 0. The number of likely N-dealkylation sites (N-methyl/N-ethyl adjacent to an activating group) is 1. The van der Waals surface area contributed by atoms with E-state index in [0.29, 0.717) is 6.54 Å². The van der Waals surface area contributed by atoms with E-state index in [4.69, 9.17) is 0 Å². The van der Waals surface area contributed by atoms with Gasteiger partial charge in [-0.2, -0.15) is 0 Å². The van der Waals surface area contributed by atoms with Crippen molar-refractivity contribution in [3.05, 3.63) is 0 Å². The van der Waals surface area contributed by atoms with Gasteiger partial charge >= 0.3 is 0 Å². The van der Waals surface area contributed by atoms with Crippen LogP contribution in [0.5, 0.6) is 0 Å². The highest BCUT2D eigenvalue weighted by molar-refractivity contribution is 4.70. The van der Waals surface area contributed by atoms with E-state index in [1.807, 2.05) is 0 Å². The third-order valence-corrected chi connectivity index (χ3v) is 1.60. The predicted molar refractivity (Wildman–Crippen MR) is 51.3 cm³/mol. The second kappa shape index (κ2) is 5.50. The molecule has 0 bridgehead atoms. The van der Waals surface area contributed by atoms with Gasteiger partial charge < -0.3 is 5.32 Å². The Balaban J connectivity index is 3.42. The maximum absolute atomic E-state index is 11.9. The molecule has 0 aliphatic rings. The lowest BCUT2D eigenvalue weighted by Gasteiger charge is -2.23. The monoisotopic (exact) mass is 194 g/mol. The van der Waals surface area contributed by atoms with E-state index in [9.17, 15) is 8.78 Å². The Morgan fingerprint density at radius 2 is 1.85 bits per heavy atom. The average Bonchev–Trinajstić information content (AvgIpc) is 1.81. The van der Waals surface area contributed by atoms with Gasteiger partial charge in [-0.15, -0.1) is 0 Å². The Hall–Kier alpha value is -0.220. The van der Waals surface area contributed by atoms with E-state index < -0.39 is 6.43 Å². The van der Waals surface area contributed by atoms with Crippen molar-refractivity contribution < 1.29 is 8.78 Å². The zero-order valence-corrected chi connectivity index (χ0v) is 8.90. The van der Waals surface area contributed by atoms with Crippen LogP contribution in [0.2, 0.25) is 0 Å². The summed E-state index contributed by atoms with van der Waals surface area (Å²) in [4.78, 5) is 1.63. The standard InChI is InChI=1S/C9H20F2N2/c1-9(2,3)12-5-6-13(4)7-8(10)11/h8,12H,5-7H2,1-4H3. The Morgan fingerprint density at radius 1 is 1.31 bits per heavy atom. The molecule has 0 spiro atoms. The van der Waals surface area contributed by atoms with Crippen LogP contribution in [0.15, 0.2) is 0 Å². The van der Waals surface area contributed by atoms with Crippen LogP contribution in [-0.2, 0) is 0 Å². The van der Waals surface area contributed by atoms with Crippen LogP contribution in [-0.4, -0.2) is 43.5 Å². The summed E-state index contributed by atoms with van der Waals surface area (Å²) in [5.41, 5.74) is 0.0612. The fourth-order valence-electron chi connectivity index (χ4n) is 0.949. The molecule has 0 aromatic heterocycles. The molecule has 80 valence electrons. The Bertz CT molecular complexity index is 132. The fraction of sp³-hybridized carbons (Fsp3) is 1.00. The molecular formula is C9H20F2N2. The van der Waals surface area contributed by atoms with Gasteiger partial charge in [0.25, 0.3) is 6.43 Å². The molecule has 0 aliphatic carbocycles. The Labute approximate surface area is 79.3 Å². The van der Waals surface area contributed by atoms with Crippen molar-refractivity contribution in [3.63, 3.8) is 0 Å². The van der Waals surface area contributed by atoms with E-state index in [2.05, 4.69) is 26.1 Å². The van der Waals surface area contributed by atoms with E-state index in [1.54, 1.807) is 11.9 Å². The lowest BCUT2D eigenvalue weighted by atomic mass is 10.1. The molecule has 0 fully saturated rings. The second-order valence-corrected chi connectivity index (χ2v) is 4.33. The molecular weight excluding hydrogens is 174 g/mol.